The quantitative estimate of drug-likeness (QED) is 0.895. The third-order valence-electron chi connectivity index (χ3n) is 2.57. The zero-order chi connectivity index (χ0) is 16.3. The molecule has 0 aliphatic carbocycles. The van der Waals surface area contributed by atoms with Crippen molar-refractivity contribution in [1.29, 1.82) is 0 Å². The summed E-state index contributed by atoms with van der Waals surface area (Å²) >= 11 is 0. The summed E-state index contributed by atoms with van der Waals surface area (Å²) in [5, 5.41) is 2.35. The molecule has 0 aliphatic heterocycles. The van der Waals surface area contributed by atoms with Crippen LogP contribution in [0.15, 0.2) is 24.3 Å². The first-order valence-corrected chi connectivity index (χ1v) is 7.76. The molecule has 1 aromatic rings. The summed E-state index contributed by atoms with van der Waals surface area (Å²) < 4.78 is 63.0. The van der Waals surface area contributed by atoms with Crippen LogP contribution in [0, 0.1) is 0 Å². The van der Waals surface area contributed by atoms with Crippen LogP contribution in [0.4, 0.5) is 18.9 Å². The zero-order valence-electron chi connectivity index (χ0n) is 11.4. The van der Waals surface area contributed by atoms with Crippen molar-refractivity contribution in [1.82, 2.24) is 5.32 Å². The third-order valence-corrected chi connectivity index (χ3v) is 3.75. The van der Waals surface area contributed by atoms with Crippen molar-refractivity contribution in [3.63, 3.8) is 0 Å². The maximum absolute atomic E-state index is 13.0. The largest absolute Gasteiger partial charge is 0.418 e. The number of amides is 1. The average Bonchev–Trinajstić information content (AvgIpc) is 2.31. The summed E-state index contributed by atoms with van der Waals surface area (Å²) in [6.07, 6.45) is -3.86. The van der Waals surface area contributed by atoms with Crippen molar-refractivity contribution >= 4 is 21.6 Å². The molecule has 0 bridgehead atoms. The van der Waals surface area contributed by atoms with Crippen LogP contribution >= 0.6 is 0 Å². The van der Waals surface area contributed by atoms with Crippen molar-refractivity contribution in [2.45, 2.75) is 13.1 Å². The molecule has 21 heavy (non-hydrogen) atoms. The summed E-state index contributed by atoms with van der Waals surface area (Å²) in [6.45, 7) is 0.856. The maximum atomic E-state index is 13.0. The Labute approximate surface area is 120 Å². The van der Waals surface area contributed by atoms with E-state index in [0.29, 0.717) is 4.31 Å². The van der Waals surface area contributed by atoms with E-state index in [1.165, 1.54) is 19.1 Å². The molecule has 118 valence electrons. The van der Waals surface area contributed by atoms with Crippen molar-refractivity contribution in [3.05, 3.63) is 29.8 Å². The fourth-order valence-corrected chi connectivity index (χ4v) is 2.67. The second-order valence-corrected chi connectivity index (χ2v) is 6.24. The van der Waals surface area contributed by atoms with Gasteiger partial charge in [0.1, 0.15) is 0 Å². The first-order valence-electron chi connectivity index (χ1n) is 5.92. The highest BCUT2D eigenvalue weighted by atomic mass is 32.2. The van der Waals surface area contributed by atoms with Crippen LogP contribution in [0.25, 0.3) is 0 Å². The summed E-state index contributed by atoms with van der Waals surface area (Å²) in [4.78, 5) is 10.8. The predicted molar refractivity (Wildman–Crippen MR) is 72.3 cm³/mol. The van der Waals surface area contributed by atoms with Gasteiger partial charge in [0.2, 0.25) is 15.9 Å². The number of para-hydroxylation sites is 1. The lowest BCUT2D eigenvalue weighted by molar-refractivity contribution is -0.137. The highest BCUT2D eigenvalue weighted by molar-refractivity contribution is 7.92. The van der Waals surface area contributed by atoms with E-state index in [-0.39, 0.29) is 13.1 Å². The molecular formula is C12H15F3N2O3S. The van der Waals surface area contributed by atoms with Crippen LogP contribution in [0.5, 0.6) is 0 Å². The first kappa shape index (κ1) is 17.3. The number of carbonyl (C=O) groups is 1. The van der Waals surface area contributed by atoms with E-state index in [0.717, 1.165) is 18.4 Å². The fraction of sp³-hybridized carbons (Fsp3) is 0.417. The van der Waals surface area contributed by atoms with Gasteiger partial charge in [0, 0.05) is 13.5 Å². The van der Waals surface area contributed by atoms with E-state index in [2.05, 4.69) is 5.32 Å². The van der Waals surface area contributed by atoms with Crippen molar-refractivity contribution in [2.24, 2.45) is 0 Å². The van der Waals surface area contributed by atoms with Crippen LogP contribution in [-0.2, 0) is 21.0 Å². The average molecular weight is 324 g/mol. The molecule has 9 heteroatoms. The highest BCUT2D eigenvalue weighted by Crippen LogP contribution is 2.37. The molecule has 1 rings (SSSR count). The Kier molecular flexibility index (Phi) is 5.21. The van der Waals surface area contributed by atoms with Crippen molar-refractivity contribution in [2.75, 3.05) is 23.7 Å². The Hall–Kier alpha value is -1.77. The molecule has 0 saturated heterocycles. The number of sulfonamides is 1. The van der Waals surface area contributed by atoms with E-state index in [1.807, 2.05) is 0 Å². The van der Waals surface area contributed by atoms with Gasteiger partial charge in [-0.05, 0) is 12.1 Å². The Morgan fingerprint density at radius 2 is 1.86 bits per heavy atom. The molecule has 5 nitrogen and oxygen atoms in total. The lowest BCUT2D eigenvalue weighted by atomic mass is 10.1. The topological polar surface area (TPSA) is 66.5 Å². The molecule has 0 unspecified atom stereocenters. The molecule has 0 aliphatic rings. The number of nitrogens with one attached hydrogen (secondary N) is 1. The van der Waals surface area contributed by atoms with Gasteiger partial charge in [0.15, 0.2) is 0 Å². The molecule has 1 amide bonds. The molecule has 0 radical (unpaired) electrons. The third kappa shape index (κ3) is 4.92. The molecule has 1 aromatic carbocycles. The number of hydrogen-bond acceptors (Lipinski definition) is 3. The standard InChI is InChI=1S/C12H15F3N2O3S/c1-9(18)16-7-8-17(21(2,19)20)11-6-4-3-5-10(11)12(13,14)15/h3-6H,7-8H2,1-2H3,(H,16,18). The summed E-state index contributed by atoms with van der Waals surface area (Å²) in [5.41, 5.74) is -1.50. The van der Waals surface area contributed by atoms with Crippen molar-refractivity contribution < 1.29 is 26.4 Å². The predicted octanol–water partition coefficient (Wildman–Crippen LogP) is 1.61. The molecule has 0 atom stereocenters. The smallest absolute Gasteiger partial charge is 0.355 e. The minimum absolute atomic E-state index is 0.0887. The first-order chi connectivity index (χ1) is 9.53. The van der Waals surface area contributed by atoms with Gasteiger partial charge in [0.05, 0.1) is 24.1 Å². The SMILES string of the molecule is CC(=O)NCCN(c1ccccc1C(F)(F)F)S(C)(=O)=O. The number of rotatable bonds is 5. The van der Waals surface area contributed by atoms with Crippen LogP contribution in [-0.4, -0.2) is 33.7 Å². The fourth-order valence-electron chi connectivity index (χ4n) is 1.73. The number of carbonyl (C=O) groups excluding carboxylic acids is 1. The lowest BCUT2D eigenvalue weighted by Gasteiger charge is -2.25. The Morgan fingerprint density at radius 1 is 1.29 bits per heavy atom. The van der Waals surface area contributed by atoms with Crippen LogP contribution in [0.1, 0.15) is 12.5 Å². The second kappa shape index (κ2) is 6.33. The number of benzene rings is 1. The van der Waals surface area contributed by atoms with Gasteiger partial charge in [-0.15, -0.1) is 0 Å². The number of halogens is 3. The lowest BCUT2D eigenvalue weighted by Crippen LogP contribution is -2.38. The van der Waals surface area contributed by atoms with Gasteiger partial charge < -0.3 is 5.32 Å². The molecule has 0 aromatic heterocycles. The Morgan fingerprint density at radius 3 is 2.33 bits per heavy atom. The molecule has 0 fully saturated rings. The highest BCUT2D eigenvalue weighted by Gasteiger charge is 2.36. The van der Waals surface area contributed by atoms with Gasteiger partial charge in [-0.2, -0.15) is 13.2 Å². The normalized spacial score (nSPS) is 12.0. The second-order valence-electron chi connectivity index (χ2n) is 4.33. The van der Waals surface area contributed by atoms with E-state index < -0.39 is 33.4 Å². The van der Waals surface area contributed by atoms with Crippen LogP contribution < -0.4 is 9.62 Å². The van der Waals surface area contributed by atoms with Gasteiger partial charge >= 0.3 is 6.18 Å². The molecule has 0 heterocycles. The van der Waals surface area contributed by atoms with E-state index in [4.69, 9.17) is 0 Å². The molecular weight excluding hydrogens is 309 g/mol. The van der Waals surface area contributed by atoms with Gasteiger partial charge in [-0.1, -0.05) is 12.1 Å². The van der Waals surface area contributed by atoms with Gasteiger partial charge in [-0.3, -0.25) is 9.10 Å². The Balaban J connectivity index is 3.19. The van der Waals surface area contributed by atoms with Crippen molar-refractivity contribution in [3.8, 4) is 0 Å². The number of anilines is 1. The zero-order valence-corrected chi connectivity index (χ0v) is 12.3. The summed E-state index contributed by atoms with van der Waals surface area (Å²) in [5.74, 6) is -0.396. The van der Waals surface area contributed by atoms with E-state index in [1.54, 1.807) is 0 Å². The number of nitrogens with zero attached hydrogens (tertiary/aromatic N) is 1. The molecule has 0 saturated carbocycles. The number of hydrogen-bond donors (Lipinski definition) is 1. The minimum Gasteiger partial charge on any atom is -0.355 e. The van der Waals surface area contributed by atoms with Crippen LogP contribution in [0.2, 0.25) is 0 Å². The Bertz CT molecular complexity index is 614. The molecule has 0 spiro atoms. The minimum atomic E-state index is -4.67. The van der Waals surface area contributed by atoms with E-state index in [9.17, 15) is 26.4 Å². The van der Waals surface area contributed by atoms with Crippen LogP contribution in [0.3, 0.4) is 0 Å². The van der Waals surface area contributed by atoms with Gasteiger partial charge in [0.25, 0.3) is 0 Å². The number of alkyl halides is 3. The maximum Gasteiger partial charge on any atom is 0.418 e. The summed E-state index contributed by atoms with van der Waals surface area (Å²) in [6, 6.07) is 4.39. The molecule has 1 N–H and O–H groups in total. The van der Waals surface area contributed by atoms with Gasteiger partial charge in [-0.25, -0.2) is 8.42 Å². The summed E-state index contributed by atoms with van der Waals surface area (Å²) in [7, 11) is -3.92. The van der Waals surface area contributed by atoms with E-state index >= 15 is 0 Å². The monoisotopic (exact) mass is 324 g/mol.